The van der Waals surface area contributed by atoms with Gasteiger partial charge in [0.2, 0.25) is 0 Å². The van der Waals surface area contributed by atoms with Crippen LogP contribution in [0.15, 0.2) is 75.8 Å². The highest BCUT2D eigenvalue weighted by Gasteiger charge is 2.24. The van der Waals surface area contributed by atoms with Gasteiger partial charge >= 0.3 is 0 Å². The molecule has 0 bridgehead atoms. The summed E-state index contributed by atoms with van der Waals surface area (Å²) in [5.74, 6) is 1.84. The molecule has 0 amide bonds. The number of hydrogen-bond donors (Lipinski definition) is 1. The molecule has 0 radical (unpaired) electrons. The van der Waals surface area contributed by atoms with E-state index in [0.29, 0.717) is 18.4 Å². The molecule has 1 fully saturated rings. The maximum atomic E-state index is 5.02. The first-order valence-electron chi connectivity index (χ1n) is 13.5. The van der Waals surface area contributed by atoms with Crippen molar-refractivity contribution in [3.05, 3.63) is 76.8 Å². The molecule has 1 aliphatic heterocycles. The zero-order valence-corrected chi connectivity index (χ0v) is 25.0. The average Bonchev–Trinajstić information content (AvgIpc) is 2.96. The van der Waals surface area contributed by atoms with E-state index in [1.165, 1.54) is 11.3 Å². The molecule has 202 valence electrons. The van der Waals surface area contributed by atoms with Gasteiger partial charge in [-0.2, -0.15) is 5.10 Å². The molecule has 1 aliphatic rings. The van der Waals surface area contributed by atoms with E-state index in [9.17, 15) is 0 Å². The number of aromatic nitrogens is 1. The van der Waals surface area contributed by atoms with Gasteiger partial charge in [0.15, 0.2) is 5.82 Å². The molecule has 2 aromatic rings. The van der Waals surface area contributed by atoms with Crippen molar-refractivity contribution in [2.75, 3.05) is 19.6 Å². The number of nitrogens with one attached hydrogen (secondary N) is 1. The Morgan fingerprint density at radius 1 is 1.16 bits per heavy atom. The third-order valence-electron chi connectivity index (χ3n) is 6.63. The van der Waals surface area contributed by atoms with E-state index in [0.717, 1.165) is 43.9 Å². The lowest BCUT2D eigenvalue weighted by Crippen LogP contribution is -2.40. The predicted molar refractivity (Wildman–Crippen MR) is 162 cm³/mol. The first kappa shape index (κ1) is 30.9. The summed E-state index contributed by atoms with van der Waals surface area (Å²) in [5, 5.41) is 10.0. The maximum absolute atomic E-state index is 5.02. The Bertz CT molecular complexity index is 968. The summed E-state index contributed by atoms with van der Waals surface area (Å²) in [6.45, 7) is 16.6. The van der Waals surface area contributed by atoms with Crippen molar-refractivity contribution in [3.63, 3.8) is 0 Å². The Morgan fingerprint density at radius 3 is 2.46 bits per heavy atom. The summed E-state index contributed by atoms with van der Waals surface area (Å²) in [5.41, 5.74) is 3.72. The molecule has 6 nitrogen and oxygen atoms in total. The van der Waals surface area contributed by atoms with Crippen LogP contribution in [0, 0.1) is 5.92 Å². The van der Waals surface area contributed by atoms with E-state index >= 15 is 0 Å². The van der Waals surface area contributed by atoms with Crippen molar-refractivity contribution in [3.8, 4) is 0 Å². The summed E-state index contributed by atoms with van der Waals surface area (Å²) in [6, 6.07) is 14.8. The molecule has 1 aromatic heterocycles. The number of hydrogen-bond acceptors (Lipinski definition) is 6. The van der Waals surface area contributed by atoms with Crippen LogP contribution in [-0.4, -0.2) is 52.6 Å². The molecule has 0 aliphatic carbocycles. The second-order valence-electron chi connectivity index (χ2n) is 9.24. The zero-order chi connectivity index (χ0) is 27.0. The number of likely N-dealkylation sites (tertiary alicyclic amines) is 1. The van der Waals surface area contributed by atoms with Gasteiger partial charge in [0, 0.05) is 42.4 Å². The Kier molecular flexibility index (Phi) is 14.4. The molecule has 0 saturated carbocycles. The summed E-state index contributed by atoms with van der Waals surface area (Å²) in [4.78, 5) is 13.7. The second kappa shape index (κ2) is 17.2. The Balaban J connectivity index is 0.00000235. The summed E-state index contributed by atoms with van der Waals surface area (Å²) in [6.07, 6.45) is 7.71. The number of nitrogens with zero attached hydrogens (tertiary/aromatic N) is 5. The minimum absolute atomic E-state index is 0.0342. The first-order chi connectivity index (χ1) is 18.0. The van der Waals surface area contributed by atoms with E-state index in [1.54, 1.807) is 12.4 Å². The van der Waals surface area contributed by atoms with Crippen molar-refractivity contribution in [1.29, 1.82) is 0 Å². The van der Waals surface area contributed by atoms with Gasteiger partial charge in [0.05, 0.1) is 0 Å². The minimum atomic E-state index is -0.0342. The van der Waals surface area contributed by atoms with Crippen LogP contribution in [0.4, 0.5) is 0 Å². The first-order valence-corrected chi connectivity index (χ1v) is 14.5. The molecular formula is C30H45BrN6. The maximum Gasteiger partial charge on any atom is 0.157 e. The Labute approximate surface area is 233 Å². The molecule has 3 rings (SSSR count). The third-order valence-corrected chi connectivity index (χ3v) is 7.04. The highest BCUT2D eigenvalue weighted by molar-refractivity contribution is 9.11. The fourth-order valence-corrected chi connectivity index (χ4v) is 4.85. The SMILES string of the molecule is C/C=N\N(C(=C/Br)/N=C(\C)C1CCN(CC(C)c2ccccc2)CC1)C(C)NCc1cccnc1.CC. The lowest BCUT2D eigenvalue weighted by molar-refractivity contribution is 0.200. The van der Waals surface area contributed by atoms with Crippen LogP contribution in [0.3, 0.4) is 0 Å². The highest BCUT2D eigenvalue weighted by atomic mass is 79.9. The fourth-order valence-electron chi connectivity index (χ4n) is 4.54. The van der Waals surface area contributed by atoms with E-state index < -0.39 is 0 Å². The summed E-state index contributed by atoms with van der Waals surface area (Å²) >= 11 is 3.53. The van der Waals surface area contributed by atoms with Crippen molar-refractivity contribution >= 4 is 27.9 Å². The molecule has 37 heavy (non-hydrogen) atoms. The molecule has 1 N–H and O–H groups in total. The van der Waals surface area contributed by atoms with Gasteiger partial charge in [0.1, 0.15) is 6.17 Å². The molecule has 2 heterocycles. The molecule has 0 spiro atoms. The average molecular weight is 570 g/mol. The topological polar surface area (TPSA) is 56.1 Å². The lowest BCUT2D eigenvalue weighted by Gasteiger charge is -2.34. The van der Waals surface area contributed by atoms with E-state index in [2.05, 4.69) is 93.4 Å². The normalized spacial score (nSPS) is 17.3. The van der Waals surface area contributed by atoms with Crippen molar-refractivity contribution in [1.82, 2.24) is 20.2 Å². The van der Waals surface area contributed by atoms with E-state index in [1.807, 2.05) is 43.0 Å². The van der Waals surface area contributed by atoms with Gasteiger partial charge in [-0.3, -0.25) is 10.3 Å². The molecule has 2 atom stereocenters. The van der Waals surface area contributed by atoms with Crippen molar-refractivity contribution in [2.24, 2.45) is 16.0 Å². The standard InChI is InChI=1S/C28H39BrN6.C2H6/c1-5-32-35(24(4)31-20-25-10-9-15-30-19-25)28(18-29)33-23(3)27-13-16-34(17-14-27)21-22(2)26-11-7-6-8-12-26;1-2/h5-12,15,18-19,22,24,27,31H,13-14,16-17,20-21H2,1-4H3;1-2H3/b28-18+,32-5-,33-23+;. The van der Waals surface area contributed by atoms with Crippen LogP contribution in [0.5, 0.6) is 0 Å². The largest absolute Gasteiger partial charge is 0.303 e. The quantitative estimate of drug-likeness (QED) is 0.180. The third kappa shape index (κ3) is 10.1. The highest BCUT2D eigenvalue weighted by Crippen LogP contribution is 2.24. The smallest absolute Gasteiger partial charge is 0.157 e. The molecule has 1 saturated heterocycles. The fraction of sp³-hybridized carbons (Fsp3) is 0.500. The zero-order valence-electron chi connectivity index (χ0n) is 23.4. The predicted octanol–water partition coefficient (Wildman–Crippen LogP) is 7.02. The Morgan fingerprint density at radius 2 is 1.86 bits per heavy atom. The van der Waals surface area contributed by atoms with Gasteiger partial charge in [-0.25, -0.2) is 10.0 Å². The molecular weight excluding hydrogens is 524 g/mol. The van der Waals surface area contributed by atoms with Crippen molar-refractivity contribution < 1.29 is 0 Å². The number of hydrazone groups is 1. The number of halogens is 1. The van der Waals surface area contributed by atoms with Gasteiger partial charge in [-0.05, 0) is 75.7 Å². The number of aliphatic imine (C=N–C) groups is 1. The van der Waals surface area contributed by atoms with Crippen molar-refractivity contribution in [2.45, 2.75) is 73.0 Å². The number of piperidine rings is 1. The number of rotatable bonds is 11. The van der Waals surface area contributed by atoms with Gasteiger partial charge in [0.25, 0.3) is 0 Å². The van der Waals surface area contributed by atoms with Crippen LogP contribution < -0.4 is 5.32 Å². The van der Waals surface area contributed by atoms with Crippen LogP contribution in [-0.2, 0) is 6.54 Å². The monoisotopic (exact) mass is 568 g/mol. The lowest BCUT2D eigenvalue weighted by atomic mass is 9.91. The van der Waals surface area contributed by atoms with Crippen LogP contribution in [0.25, 0.3) is 0 Å². The second-order valence-corrected chi connectivity index (χ2v) is 9.70. The number of pyridine rings is 1. The molecule has 1 aromatic carbocycles. The van der Waals surface area contributed by atoms with Crippen LogP contribution in [0.1, 0.15) is 71.4 Å². The molecule has 2 unspecified atom stereocenters. The van der Waals surface area contributed by atoms with E-state index in [4.69, 9.17) is 4.99 Å². The summed E-state index contributed by atoms with van der Waals surface area (Å²) < 4.78 is 0. The van der Waals surface area contributed by atoms with Crippen LogP contribution >= 0.6 is 15.9 Å². The van der Waals surface area contributed by atoms with Crippen LogP contribution in [0.2, 0.25) is 0 Å². The van der Waals surface area contributed by atoms with Gasteiger partial charge < -0.3 is 4.90 Å². The van der Waals surface area contributed by atoms with Gasteiger partial charge in [-0.1, -0.05) is 73.1 Å². The van der Waals surface area contributed by atoms with E-state index in [-0.39, 0.29) is 6.17 Å². The summed E-state index contributed by atoms with van der Waals surface area (Å²) in [7, 11) is 0. The number of benzene rings is 1. The Hall–Kier alpha value is -2.35. The van der Waals surface area contributed by atoms with Gasteiger partial charge in [-0.15, -0.1) is 0 Å². The minimum Gasteiger partial charge on any atom is -0.303 e. The molecule has 7 heteroatoms.